The summed E-state index contributed by atoms with van der Waals surface area (Å²) < 4.78 is 5.49. The Kier molecular flexibility index (Phi) is 2.18. The van der Waals surface area contributed by atoms with Gasteiger partial charge in [-0.1, -0.05) is 12.1 Å². The van der Waals surface area contributed by atoms with Crippen LogP contribution in [0.15, 0.2) is 18.2 Å². The van der Waals surface area contributed by atoms with Gasteiger partial charge in [0.2, 0.25) is 0 Å². The molecule has 3 heteroatoms. The van der Waals surface area contributed by atoms with Crippen LogP contribution < -0.4 is 4.74 Å². The van der Waals surface area contributed by atoms with Crippen molar-refractivity contribution in [2.24, 2.45) is 0 Å². The summed E-state index contributed by atoms with van der Waals surface area (Å²) in [5.74, 6) is -0.0675. The topological polar surface area (TPSA) is 46.5 Å². The Bertz CT molecular complexity index is 411. The highest BCUT2D eigenvalue weighted by atomic mass is 16.5. The maximum absolute atomic E-state index is 11.3. The van der Waals surface area contributed by atoms with Crippen LogP contribution >= 0.6 is 0 Å². The van der Waals surface area contributed by atoms with Gasteiger partial charge in [-0.3, -0.25) is 4.79 Å². The average molecular weight is 206 g/mol. The zero-order valence-electron chi connectivity index (χ0n) is 8.91. The molecule has 15 heavy (non-hydrogen) atoms. The van der Waals surface area contributed by atoms with E-state index < -0.39 is 11.4 Å². The molecule has 1 atom stereocenters. The Labute approximate surface area is 88.7 Å². The minimum absolute atomic E-state index is 0.471. The van der Waals surface area contributed by atoms with Gasteiger partial charge in [0.1, 0.15) is 5.75 Å². The number of fused-ring (bicyclic) bond motifs is 1. The second-order valence-corrected chi connectivity index (χ2v) is 4.24. The third kappa shape index (κ3) is 1.48. The molecule has 0 bridgehead atoms. The Balaban J connectivity index is 2.56. The molecule has 1 N–H and O–H groups in total. The van der Waals surface area contributed by atoms with Gasteiger partial charge in [-0.2, -0.15) is 0 Å². The minimum atomic E-state index is -0.804. The van der Waals surface area contributed by atoms with Gasteiger partial charge in [0.25, 0.3) is 0 Å². The highest BCUT2D eigenvalue weighted by molar-refractivity contribution is 5.82. The van der Waals surface area contributed by atoms with Gasteiger partial charge in [0, 0.05) is 12.0 Å². The van der Waals surface area contributed by atoms with E-state index in [0.29, 0.717) is 18.8 Å². The SMILES string of the molecule is Cc1ccc2c(c1)OCCC2(C)C(=O)O. The number of carbonyl (C=O) groups is 1. The van der Waals surface area contributed by atoms with Crippen molar-refractivity contribution in [2.75, 3.05) is 6.61 Å². The van der Waals surface area contributed by atoms with Crippen LogP contribution in [0.5, 0.6) is 5.75 Å². The van der Waals surface area contributed by atoms with Crippen molar-refractivity contribution in [1.82, 2.24) is 0 Å². The lowest BCUT2D eigenvalue weighted by Crippen LogP contribution is -2.37. The predicted octanol–water partition coefficient (Wildman–Crippen LogP) is 2.12. The molecule has 1 unspecified atom stereocenters. The molecule has 1 aliphatic heterocycles. The molecule has 0 amide bonds. The zero-order valence-corrected chi connectivity index (χ0v) is 8.91. The first kappa shape index (κ1) is 10.0. The molecular formula is C12H14O3. The van der Waals surface area contributed by atoms with E-state index in [9.17, 15) is 9.90 Å². The number of carboxylic acids is 1. The van der Waals surface area contributed by atoms with Gasteiger partial charge in [-0.05, 0) is 25.5 Å². The number of ether oxygens (including phenoxy) is 1. The maximum atomic E-state index is 11.3. The molecule has 1 aromatic rings. The predicted molar refractivity (Wildman–Crippen MR) is 56.3 cm³/mol. The van der Waals surface area contributed by atoms with Crippen molar-refractivity contribution in [2.45, 2.75) is 25.7 Å². The lowest BCUT2D eigenvalue weighted by atomic mass is 9.77. The Morgan fingerprint density at radius 2 is 2.27 bits per heavy atom. The number of benzene rings is 1. The quantitative estimate of drug-likeness (QED) is 0.765. The maximum Gasteiger partial charge on any atom is 0.314 e. The number of rotatable bonds is 1. The van der Waals surface area contributed by atoms with Crippen LogP contribution in [0.1, 0.15) is 24.5 Å². The van der Waals surface area contributed by atoms with Gasteiger partial charge >= 0.3 is 5.97 Å². The molecule has 3 nitrogen and oxygen atoms in total. The molecule has 1 aromatic carbocycles. The summed E-state index contributed by atoms with van der Waals surface area (Å²) in [6, 6.07) is 5.68. The van der Waals surface area contributed by atoms with E-state index in [2.05, 4.69) is 0 Å². The van der Waals surface area contributed by atoms with Crippen LogP contribution in [-0.2, 0) is 10.2 Å². The van der Waals surface area contributed by atoms with Gasteiger partial charge in [-0.25, -0.2) is 0 Å². The summed E-state index contributed by atoms with van der Waals surface area (Å²) in [5, 5.41) is 9.26. The fraction of sp³-hybridized carbons (Fsp3) is 0.417. The Morgan fingerprint density at radius 3 is 2.93 bits per heavy atom. The van der Waals surface area contributed by atoms with E-state index in [1.165, 1.54) is 0 Å². The second kappa shape index (κ2) is 3.26. The van der Waals surface area contributed by atoms with Crippen molar-refractivity contribution in [1.29, 1.82) is 0 Å². The first-order chi connectivity index (χ1) is 7.04. The molecule has 80 valence electrons. The first-order valence-electron chi connectivity index (χ1n) is 5.01. The van der Waals surface area contributed by atoms with E-state index >= 15 is 0 Å². The van der Waals surface area contributed by atoms with Crippen LogP contribution in [-0.4, -0.2) is 17.7 Å². The lowest BCUT2D eigenvalue weighted by Gasteiger charge is -2.32. The van der Waals surface area contributed by atoms with Gasteiger partial charge in [0.05, 0.1) is 12.0 Å². The first-order valence-corrected chi connectivity index (χ1v) is 5.01. The third-order valence-corrected chi connectivity index (χ3v) is 3.06. The van der Waals surface area contributed by atoms with Gasteiger partial charge < -0.3 is 9.84 Å². The van der Waals surface area contributed by atoms with Crippen LogP contribution in [0.25, 0.3) is 0 Å². The molecule has 0 aromatic heterocycles. The Hall–Kier alpha value is -1.51. The normalized spacial score (nSPS) is 24.1. The number of hydrogen-bond acceptors (Lipinski definition) is 2. The highest BCUT2D eigenvalue weighted by Crippen LogP contribution is 2.39. The molecule has 1 aliphatic rings. The molecule has 0 fully saturated rings. The lowest BCUT2D eigenvalue weighted by molar-refractivity contribution is -0.144. The van der Waals surface area contributed by atoms with Crippen LogP contribution in [0.3, 0.4) is 0 Å². The third-order valence-electron chi connectivity index (χ3n) is 3.06. The Morgan fingerprint density at radius 1 is 1.53 bits per heavy atom. The minimum Gasteiger partial charge on any atom is -0.493 e. The molecule has 0 aliphatic carbocycles. The zero-order chi connectivity index (χ0) is 11.1. The van der Waals surface area contributed by atoms with Crippen LogP contribution in [0.2, 0.25) is 0 Å². The van der Waals surface area contributed by atoms with Crippen LogP contribution in [0, 0.1) is 6.92 Å². The summed E-state index contributed by atoms with van der Waals surface area (Å²) in [6.45, 7) is 4.20. The van der Waals surface area contributed by atoms with Gasteiger partial charge in [-0.15, -0.1) is 0 Å². The van der Waals surface area contributed by atoms with Crippen LogP contribution in [0.4, 0.5) is 0 Å². The molecule has 2 rings (SSSR count). The fourth-order valence-corrected chi connectivity index (χ4v) is 1.93. The smallest absolute Gasteiger partial charge is 0.314 e. The number of carboxylic acid groups (broad SMARTS) is 1. The molecule has 0 saturated carbocycles. The molecular weight excluding hydrogens is 192 g/mol. The number of aryl methyl sites for hydroxylation is 1. The summed E-state index contributed by atoms with van der Waals surface area (Å²) in [4.78, 5) is 11.3. The second-order valence-electron chi connectivity index (χ2n) is 4.24. The number of aliphatic carboxylic acids is 1. The molecule has 0 radical (unpaired) electrons. The fourth-order valence-electron chi connectivity index (χ4n) is 1.93. The van der Waals surface area contributed by atoms with Crippen molar-refractivity contribution in [3.63, 3.8) is 0 Å². The number of hydrogen-bond donors (Lipinski definition) is 1. The summed E-state index contributed by atoms with van der Waals surface area (Å²) >= 11 is 0. The molecule has 0 saturated heterocycles. The van der Waals surface area contributed by atoms with Gasteiger partial charge in [0.15, 0.2) is 0 Å². The molecule has 1 heterocycles. The van der Waals surface area contributed by atoms with Crippen molar-refractivity contribution >= 4 is 5.97 Å². The molecule has 0 spiro atoms. The van der Waals surface area contributed by atoms with E-state index in [4.69, 9.17) is 4.74 Å². The average Bonchev–Trinajstić information content (AvgIpc) is 2.17. The summed E-state index contributed by atoms with van der Waals surface area (Å²) in [6.07, 6.45) is 0.526. The van der Waals surface area contributed by atoms with Crippen molar-refractivity contribution in [3.8, 4) is 5.75 Å². The van der Waals surface area contributed by atoms with Crippen molar-refractivity contribution < 1.29 is 14.6 Å². The summed E-state index contributed by atoms with van der Waals surface area (Å²) in [7, 11) is 0. The van der Waals surface area contributed by atoms with E-state index in [1.807, 2.05) is 25.1 Å². The van der Waals surface area contributed by atoms with E-state index in [-0.39, 0.29) is 0 Å². The van der Waals surface area contributed by atoms with E-state index in [1.54, 1.807) is 6.92 Å². The standard InChI is InChI=1S/C12H14O3/c1-8-3-4-9-10(7-8)15-6-5-12(9,2)11(13)14/h3-4,7H,5-6H2,1-2H3,(H,13,14). The monoisotopic (exact) mass is 206 g/mol. The van der Waals surface area contributed by atoms with E-state index in [0.717, 1.165) is 11.1 Å². The van der Waals surface area contributed by atoms with Crippen molar-refractivity contribution in [3.05, 3.63) is 29.3 Å². The summed E-state index contributed by atoms with van der Waals surface area (Å²) in [5.41, 5.74) is 1.07. The highest BCUT2D eigenvalue weighted by Gasteiger charge is 2.40. The largest absolute Gasteiger partial charge is 0.493 e.